The van der Waals surface area contributed by atoms with Crippen molar-refractivity contribution in [2.75, 3.05) is 6.54 Å². The molecule has 0 bridgehead atoms. The number of rotatable bonds is 6. The van der Waals surface area contributed by atoms with Gasteiger partial charge in [-0.3, -0.25) is 0 Å². The van der Waals surface area contributed by atoms with Crippen LogP contribution < -0.4 is 15.2 Å². The Labute approximate surface area is 118 Å². The van der Waals surface area contributed by atoms with Gasteiger partial charge in [-0.1, -0.05) is 0 Å². The van der Waals surface area contributed by atoms with E-state index in [4.69, 9.17) is 15.2 Å². The maximum absolute atomic E-state index is 12.8. The molecule has 0 radical (unpaired) electrons. The van der Waals surface area contributed by atoms with Crippen molar-refractivity contribution in [2.45, 2.75) is 19.4 Å². The van der Waals surface area contributed by atoms with Gasteiger partial charge in [-0.15, -0.1) is 0 Å². The molecule has 1 atom stereocenters. The molecule has 0 saturated carbocycles. The summed E-state index contributed by atoms with van der Waals surface area (Å²) >= 11 is 0. The third-order valence-electron chi connectivity index (χ3n) is 2.78. The van der Waals surface area contributed by atoms with Crippen molar-refractivity contribution in [2.24, 2.45) is 5.73 Å². The van der Waals surface area contributed by atoms with E-state index in [-0.39, 0.29) is 11.9 Å². The Morgan fingerprint density at radius 2 is 1.45 bits per heavy atom. The number of hydrogen-bond acceptors (Lipinski definition) is 3. The fourth-order valence-electron chi connectivity index (χ4n) is 1.75. The molecule has 106 valence electrons. The first-order valence-corrected chi connectivity index (χ1v) is 6.57. The molecule has 0 fully saturated rings. The van der Waals surface area contributed by atoms with Gasteiger partial charge >= 0.3 is 0 Å². The number of ether oxygens (including phenoxy) is 2. The van der Waals surface area contributed by atoms with E-state index in [1.807, 2.05) is 31.2 Å². The van der Waals surface area contributed by atoms with Gasteiger partial charge in [-0.25, -0.2) is 4.39 Å². The van der Waals surface area contributed by atoms with E-state index in [9.17, 15) is 4.39 Å². The number of benzene rings is 2. The second kappa shape index (κ2) is 6.91. The lowest BCUT2D eigenvalue weighted by Gasteiger charge is -2.14. The lowest BCUT2D eigenvalue weighted by molar-refractivity contribution is 0.213. The zero-order valence-corrected chi connectivity index (χ0v) is 11.4. The van der Waals surface area contributed by atoms with Crippen molar-refractivity contribution in [3.05, 3.63) is 54.3 Å². The highest BCUT2D eigenvalue weighted by molar-refractivity contribution is 5.35. The normalized spacial score (nSPS) is 11.9. The Kier molecular flexibility index (Phi) is 4.96. The standard InChI is InChI=1S/C16H18FNO2/c1-12(10-11-18)19-14-6-8-16(9-7-14)20-15-4-2-13(17)3-5-15/h2-9,12H,10-11,18H2,1H3. The maximum atomic E-state index is 12.8. The van der Waals surface area contributed by atoms with Crippen molar-refractivity contribution in [1.82, 2.24) is 0 Å². The molecule has 0 aromatic heterocycles. The van der Waals surface area contributed by atoms with Crippen molar-refractivity contribution < 1.29 is 13.9 Å². The summed E-state index contributed by atoms with van der Waals surface area (Å²) < 4.78 is 24.1. The monoisotopic (exact) mass is 275 g/mol. The molecule has 2 rings (SSSR count). The molecule has 0 spiro atoms. The minimum Gasteiger partial charge on any atom is -0.491 e. The minimum atomic E-state index is -0.282. The quantitative estimate of drug-likeness (QED) is 0.873. The summed E-state index contributed by atoms with van der Waals surface area (Å²) in [6, 6.07) is 13.2. The molecule has 0 heterocycles. The molecule has 0 saturated heterocycles. The van der Waals surface area contributed by atoms with E-state index in [1.165, 1.54) is 12.1 Å². The molecule has 0 aliphatic carbocycles. The van der Waals surface area contributed by atoms with Crippen molar-refractivity contribution in [3.63, 3.8) is 0 Å². The van der Waals surface area contributed by atoms with Crippen LogP contribution in [0, 0.1) is 5.82 Å². The average Bonchev–Trinajstić information content (AvgIpc) is 2.44. The number of halogens is 1. The fourth-order valence-corrected chi connectivity index (χ4v) is 1.75. The number of nitrogens with two attached hydrogens (primary N) is 1. The van der Waals surface area contributed by atoms with Crippen LogP contribution in [-0.2, 0) is 0 Å². The fraction of sp³-hybridized carbons (Fsp3) is 0.250. The zero-order valence-electron chi connectivity index (χ0n) is 11.4. The van der Waals surface area contributed by atoms with Gasteiger partial charge in [0.2, 0.25) is 0 Å². The highest BCUT2D eigenvalue weighted by Crippen LogP contribution is 2.24. The van der Waals surface area contributed by atoms with Crippen molar-refractivity contribution in [3.8, 4) is 17.2 Å². The van der Waals surface area contributed by atoms with Crippen LogP contribution in [0.2, 0.25) is 0 Å². The maximum Gasteiger partial charge on any atom is 0.127 e. The van der Waals surface area contributed by atoms with E-state index in [0.717, 1.165) is 12.2 Å². The summed E-state index contributed by atoms with van der Waals surface area (Å²) in [5.41, 5.74) is 5.48. The first-order valence-electron chi connectivity index (χ1n) is 6.57. The molecule has 20 heavy (non-hydrogen) atoms. The van der Waals surface area contributed by atoms with Gasteiger partial charge in [0, 0.05) is 0 Å². The third-order valence-corrected chi connectivity index (χ3v) is 2.78. The van der Waals surface area contributed by atoms with E-state index in [2.05, 4.69) is 0 Å². The average molecular weight is 275 g/mol. The first kappa shape index (κ1) is 14.3. The van der Waals surface area contributed by atoms with Crippen LogP contribution in [0.1, 0.15) is 13.3 Å². The van der Waals surface area contributed by atoms with Gasteiger partial charge in [0.1, 0.15) is 23.1 Å². The van der Waals surface area contributed by atoms with Gasteiger partial charge in [0.05, 0.1) is 6.10 Å². The third kappa shape index (κ3) is 4.24. The summed E-state index contributed by atoms with van der Waals surface area (Å²) in [6.07, 6.45) is 0.900. The van der Waals surface area contributed by atoms with Crippen LogP contribution in [-0.4, -0.2) is 12.6 Å². The molecule has 1 unspecified atom stereocenters. The number of hydrogen-bond donors (Lipinski definition) is 1. The highest BCUT2D eigenvalue weighted by atomic mass is 19.1. The molecular weight excluding hydrogens is 257 g/mol. The Hall–Kier alpha value is -2.07. The van der Waals surface area contributed by atoms with Gasteiger partial charge in [0.15, 0.2) is 0 Å². The SMILES string of the molecule is CC(CCN)Oc1ccc(Oc2ccc(F)cc2)cc1. The molecule has 2 aromatic carbocycles. The van der Waals surface area contributed by atoms with Crippen LogP contribution in [0.25, 0.3) is 0 Å². The van der Waals surface area contributed by atoms with Gasteiger partial charge in [-0.2, -0.15) is 0 Å². The first-order chi connectivity index (χ1) is 9.67. The van der Waals surface area contributed by atoms with E-state index < -0.39 is 0 Å². The topological polar surface area (TPSA) is 44.5 Å². The molecule has 0 aliphatic rings. The minimum absolute atomic E-state index is 0.0869. The van der Waals surface area contributed by atoms with E-state index >= 15 is 0 Å². The zero-order chi connectivity index (χ0) is 14.4. The Balaban J connectivity index is 1.96. The van der Waals surface area contributed by atoms with Crippen LogP contribution in [0.15, 0.2) is 48.5 Å². The van der Waals surface area contributed by atoms with E-state index in [0.29, 0.717) is 18.0 Å². The lowest BCUT2D eigenvalue weighted by Crippen LogP contribution is -2.16. The van der Waals surface area contributed by atoms with Gasteiger partial charge in [-0.05, 0) is 68.4 Å². The molecule has 2 aromatic rings. The summed E-state index contributed by atoms with van der Waals surface area (Å²) in [5, 5.41) is 0. The predicted molar refractivity (Wildman–Crippen MR) is 76.7 cm³/mol. The molecule has 0 amide bonds. The molecule has 3 nitrogen and oxygen atoms in total. The molecule has 2 N–H and O–H groups in total. The second-order valence-electron chi connectivity index (χ2n) is 4.53. The summed E-state index contributed by atoms with van der Waals surface area (Å²) in [6.45, 7) is 2.59. The van der Waals surface area contributed by atoms with E-state index in [1.54, 1.807) is 12.1 Å². The van der Waals surface area contributed by atoms with Crippen LogP contribution >= 0.6 is 0 Å². The van der Waals surface area contributed by atoms with Crippen LogP contribution in [0.5, 0.6) is 17.2 Å². The molecule has 0 aliphatic heterocycles. The van der Waals surface area contributed by atoms with Crippen molar-refractivity contribution in [1.29, 1.82) is 0 Å². The summed E-state index contributed by atoms with van der Waals surface area (Å²) in [7, 11) is 0. The smallest absolute Gasteiger partial charge is 0.127 e. The highest BCUT2D eigenvalue weighted by Gasteiger charge is 2.03. The Morgan fingerprint density at radius 1 is 0.950 bits per heavy atom. The van der Waals surface area contributed by atoms with Gasteiger partial charge in [0.25, 0.3) is 0 Å². The Bertz CT molecular complexity index is 525. The Morgan fingerprint density at radius 3 is 2.00 bits per heavy atom. The largest absolute Gasteiger partial charge is 0.491 e. The van der Waals surface area contributed by atoms with Crippen LogP contribution in [0.4, 0.5) is 4.39 Å². The summed E-state index contributed by atoms with van der Waals surface area (Å²) in [5.74, 6) is 1.76. The predicted octanol–water partition coefficient (Wildman–Crippen LogP) is 3.73. The van der Waals surface area contributed by atoms with Crippen molar-refractivity contribution >= 4 is 0 Å². The van der Waals surface area contributed by atoms with Gasteiger partial charge < -0.3 is 15.2 Å². The molecular formula is C16H18FNO2. The van der Waals surface area contributed by atoms with Crippen LogP contribution in [0.3, 0.4) is 0 Å². The lowest BCUT2D eigenvalue weighted by atomic mass is 10.2. The summed E-state index contributed by atoms with van der Waals surface area (Å²) in [4.78, 5) is 0. The second-order valence-corrected chi connectivity index (χ2v) is 4.53. The molecule has 4 heteroatoms.